The quantitative estimate of drug-likeness (QED) is 0.265. The Hall–Kier alpha value is -0.200. The van der Waals surface area contributed by atoms with E-state index in [1.54, 1.807) is 0 Å². The van der Waals surface area contributed by atoms with Crippen molar-refractivity contribution in [2.45, 2.75) is 24.4 Å². The molecule has 0 bridgehead atoms. The summed E-state index contributed by atoms with van der Waals surface area (Å²) < 4.78 is 0. The maximum absolute atomic E-state index is 10.1. The summed E-state index contributed by atoms with van der Waals surface area (Å²) in [6.07, 6.45) is -10.2. The average Bonchev–Trinajstić information content (AvgIpc) is 2.23. The summed E-state index contributed by atoms with van der Waals surface area (Å²) in [4.78, 5) is 18.4. The molecule has 0 rings (SSSR count). The van der Waals surface area contributed by atoms with Crippen LogP contribution in [-0.2, 0) is 4.79 Å². The minimum Gasteiger partial charge on any atom is -0.652 e. The number of carbonyl (C=O) groups is 2. The van der Waals surface area contributed by atoms with Crippen molar-refractivity contribution in [3.8, 4) is 0 Å². The Labute approximate surface area is 131 Å². The van der Waals surface area contributed by atoms with Crippen molar-refractivity contribution in [3.63, 3.8) is 0 Å². The van der Waals surface area contributed by atoms with E-state index in [0.717, 1.165) is 0 Å². The smallest absolute Gasteiger partial charge is 0.652 e. The molecular formula is C7H12CaO10. The predicted molar refractivity (Wildman–Crippen MR) is 49.9 cm³/mol. The summed E-state index contributed by atoms with van der Waals surface area (Å²) in [6.45, 7) is -0.843. The van der Waals surface area contributed by atoms with Crippen molar-refractivity contribution >= 4 is 49.9 Å². The van der Waals surface area contributed by atoms with E-state index in [-0.39, 0.29) is 37.7 Å². The van der Waals surface area contributed by atoms with Gasteiger partial charge < -0.3 is 45.6 Å². The Balaban J connectivity index is -0.000000392. The molecule has 0 saturated carbocycles. The first kappa shape index (κ1) is 22.9. The second-order valence-corrected chi connectivity index (χ2v) is 2.76. The number of carboxylic acid groups (broad SMARTS) is 3. The van der Waals surface area contributed by atoms with Crippen molar-refractivity contribution in [2.75, 3.05) is 6.61 Å². The molecule has 0 spiro atoms. The third-order valence-electron chi connectivity index (χ3n) is 1.51. The summed E-state index contributed by atoms with van der Waals surface area (Å²) in [5, 5.41) is 68.5. The molecule has 0 aliphatic heterocycles. The second kappa shape index (κ2) is 11.9. The monoisotopic (exact) mass is 296 g/mol. The number of carboxylic acids is 1. The predicted octanol–water partition coefficient (Wildman–Crippen LogP) is -6.32. The Kier molecular flexibility index (Phi) is 15.1. The molecule has 0 heterocycles. The fraction of sp³-hybridized carbons (Fsp3) is 0.714. The first-order valence-corrected chi connectivity index (χ1v) is 4.09. The van der Waals surface area contributed by atoms with Gasteiger partial charge in [-0.25, -0.2) is 4.79 Å². The molecule has 0 aliphatic carbocycles. The maximum atomic E-state index is 10.1. The van der Waals surface area contributed by atoms with E-state index in [1.165, 1.54) is 0 Å². The van der Waals surface area contributed by atoms with Gasteiger partial charge in [0, 0.05) is 0 Å². The molecule has 0 amide bonds. The Bertz CT molecular complexity index is 242. The molecule has 4 atom stereocenters. The van der Waals surface area contributed by atoms with Crippen LogP contribution in [0.4, 0.5) is 4.79 Å². The van der Waals surface area contributed by atoms with Crippen LogP contribution < -0.4 is 10.2 Å². The molecule has 4 unspecified atom stereocenters. The molecule has 18 heavy (non-hydrogen) atoms. The SMILES string of the molecule is O=C(O)C(O)C(O)C(O)C(O)CO.O=C([O-])[O-].[Ca+2]. The summed E-state index contributed by atoms with van der Waals surface area (Å²) in [6, 6.07) is 0. The van der Waals surface area contributed by atoms with Gasteiger partial charge in [0.15, 0.2) is 6.10 Å². The van der Waals surface area contributed by atoms with Gasteiger partial charge in [0.1, 0.15) is 18.3 Å². The third-order valence-corrected chi connectivity index (χ3v) is 1.51. The average molecular weight is 296 g/mol. The molecule has 10 nitrogen and oxygen atoms in total. The zero-order valence-corrected chi connectivity index (χ0v) is 11.2. The fourth-order valence-electron chi connectivity index (χ4n) is 0.668. The molecule has 0 aliphatic rings. The van der Waals surface area contributed by atoms with Gasteiger partial charge in [0.2, 0.25) is 0 Å². The van der Waals surface area contributed by atoms with Crippen molar-refractivity contribution in [3.05, 3.63) is 0 Å². The van der Waals surface area contributed by atoms with Crippen molar-refractivity contribution < 1.29 is 50.4 Å². The molecule has 0 aromatic heterocycles. The first-order chi connectivity index (χ1) is 7.64. The van der Waals surface area contributed by atoms with E-state index in [9.17, 15) is 4.79 Å². The van der Waals surface area contributed by atoms with Gasteiger partial charge in [0.05, 0.1) is 6.61 Å². The van der Waals surface area contributed by atoms with Crippen LogP contribution >= 0.6 is 0 Å². The van der Waals surface area contributed by atoms with Gasteiger partial charge in [-0.05, 0) is 6.16 Å². The van der Waals surface area contributed by atoms with Crippen LogP contribution in [0.25, 0.3) is 0 Å². The van der Waals surface area contributed by atoms with Gasteiger partial charge in [-0.1, -0.05) is 0 Å². The van der Waals surface area contributed by atoms with E-state index in [4.69, 9.17) is 45.6 Å². The summed E-state index contributed by atoms with van der Waals surface area (Å²) in [5.74, 6) is -1.73. The molecule has 0 fully saturated rings. The normalized spacial score (nSPS) is 16.1. The summed E-state index contributed by atoms with van der Waals surface area (Å²) in [7, 11) is 0. The van der Waals surface area contributed by atoms with Crippen molar-refractivity contribution in [2.24, 2.45) is 0 Å². The molecule has 102 valence electrons. The minimum atomic E-state index is -2.33. The van der Waals surface area contributed by atoms with E-state index in [1.807, 2.05) is 0 Å². The van der Waals surface area contributed by atoms with Crippen LogP contribution in [0.2, 0.25) is 0 Å². The topological polar surface area (TPSA) is 202 Å². The standard InChI is InChI=1S/C6H12O7.CH2O3.Ca/c7-1-2(8)3(9)4(10)5(11)6(12)13;2-1(3)4;/h2-5,7-11H,1H2,(H,12,13);(H2,2,3,4);/q;;+2/p-2. The minimum absolute atomic E-state index is 0. The molecule has 6 N–H and O–H groups in total. The van der Waals surface area contributed by atoms with Gasteiger partial charge in [-0.2, -0.15) is 0 Å². The van der Waals surface area contributed by atoms with Crippen molar-refractivity contribution in [1.82, 2.24) is 0 Å². The van der Waals surface area contributed by atoms with Crippen LogP contribution in [0.15, 0.2) is 0 Å². The molecule has 0 saturated heterocycles. The van der Waals surface area contributed by atoms with E-state index < -0.39 is 43.1 Å². The van der Waals surface area contributed by atoms with Crippen molar-refractivity contribution in [1.29, 1.82) is 0 Å². The molecule has 0 aromatic carbocycles. The largest absolute Gasteiger partial charge is 2.00 e. The zero-order chi connectivity index (χ0) is 14.2. The van der Waals surface area contributed by atoms with Gasteiger partial charge in [0.25, 0.3) is 0 Å². The van der Waals surface area contributed by atoms with Crippen LogP contribution in [0.5, 0.6) is 0 Å². The molecular weight excluding hydrogens is 284 g/mol. The summed E-state index contributed by atoms with van der Waals surface area (Å²) in [5.41, 5.74) is 0. The van der Waals surface area contributed by atoms with Gasteiger partial charge in [-0.3, -0.25) is 0 Å². The molecule has 0 aromatic rings. The number of aliphatic hydroxyl groups excluding tert-OH is 5. The van der Waals surface area contributed by atoms with Crippen LogP contribution in [0, 0.1) is 0 Å². The van der Waals surface area contributed by atoms with E-state index in [0.29, 0.717) is 0 Å². The zero-order valence-electron chi connectivity index (χ0n) is 9.04. The van der Waals surface area contributed by atoms with Crippen LogP contribution in [0.3, 0.4) is 0 Å². The first-order valence-electron chi connectivity index (χ1n) is 4.09. The third kappa shape index (κ3) is 10.9. The van der Waals surface area contributed by atoms with Crippen LogP contribution in [0.1, 0.15) is 0 Å². The number of aliphatic carboxylic acids is 1. The Morgan fingerprint density at radius 1 is 1.00 bits per heavy atom. The number of carbonyl (C=O) groups excluding carboxylic acids is 1. The Morgan fingerprint density at radius 3 is 1.56 bits per heavy atom. The number of rotatable bonds is 5. The number of hydrogen-bond donors (Lipinski definition) is 6. The molecule has 0 radical (unpaired) electrons. The van der Waals surface area contributed by atoms with Crippen LogP contribution in [-0.4, -0.2) is 112 Å². The molecule has 11 heteroatoms. The van der Waals surface area contributed by atoms with E-state index in [2.05, 4.69) is 0 Å². The van der Waals surface area contributed by atoms with E-state index >= 15 is 0 Å². The fourth-order valence-corrected chi connectivity index (χ4v) is 0.668. The maximum Gasteiger partial charge on any atom is 2.00 e. The summed E-state index contributed by atoms with van der Waals surface area (Å²) >= 11 is 0. The van der Waals surface area contributed by atoms with Gasteiger partial charge >= 0.3 is 43.7 Å². The number of hydrogen-bond acceptors (Lipinski definition) is 9. The Morgan fingerprint density at radius 2 is 1.33 bits per heavy atom. The second-order valence-electron chi connectivity index (χ2n) is 2.76. The number of aliphatic hydroxyl groups is 5. The van der Waals surface area contributed by atoms with Gasteiger partial charge in [-0.15, -0.1) is 0 Å².